The average molecular weight is 525 g/mol. The van der Waals surface area contributed by atoms with Gasteiger partial charge in [0, 0.05) is 21.2 Å². The molecule has 2 aromatic carbocycles. The minimum absolute atomic E-state index is 0.0122. The summed E-state index contributed by atoms with van der Waals surface area (Å²) in [6.45, 7) is 6.92. The van der Waals surface area contributed by atoms with Crippen molar-refractivity contribution in [3.05, 3.63) is 81.2 Å². The molecular weight excluding hydrogens is 496 g/mol. The maximum absolute atomic E-state index is 14.0. The Kier molecular flexibility index (Phi) is 6.73. The molecule has 2 atom stereocenters. The van der Waals surface area contributed by atoms with Gasteiger partial charge in [0.1, 0.15) is 5.00 Å². The van der Waals surface area contributed by atoms with E-state index in [-0.39, 0.29) is 28.4 Å². The molecule has 1 N–H and O–H groups in total. The Labute approximate surface area is 220 Å². The number of carbonyl (C=O) groups is 2. The van der Waals surface area contributed by atoms with Crippen molar-refractivity contribution < 1.29 is 9.59 Å². The van der Waals surface area contributed by atoms with Crippen LogP contribution in [0.2, 0.25) is 5.02 Å². The number of thioether (sulfide) groups is 1. The minimum atomic E-state index is -0.368. The van der Waals surface area contributed by atoms with Crippen LogP contribution in [-0.4, -0.2) is 22.9 Å². The smallest absolute Gasteiger partial charge is 0.263 e. The number of Topliss-reactive ketones (excluding diaryl/α,β-unsaturated/α-hetero) is 1. The fourth-order valence-corrected chi connectivity index (χ4v) is 7.47. The molecule has 3 aromatic rings. The van der Waals surface area contributed by atoms with Crippen molar-refractivity contribution in [3.63, 3.8) is 0 Å². The van der Waals surface area contributed by atoms with Crippen LogP contribution in [0.25, 0.3) is 0 Å². The molecule has 1 aliphatic heterocycles. The fourth-order valence-electron chi connectivity index (χ4n) is 4.89. The molecule has 4 nitrogen and oxygen atoms in total. The number of nitrogens with zero attached hydrogens (tertiary/aromatic N) is 1. The summed E-state index contributed by atoms with van der Waals surface area (Å²) in [6, 6.07) is 16.7. The van der Waals surface area contributed by atoms with Gasteiger partial charge in [-0.25, -0.2) is 0 Å². The molecule has 0 fully saturated rings. The summed E-state index contributed by atoms with van der Waals surface area (Å²) in [6.07, 6.45) is 3.06. The summed E-state index contributed by atoms with van der Waals surface area (Å²) in [5.74, 6) is 0.895. The number of rotatable bonds is 5. The normalized spacial score (nSPS) is 19.7. The standard InChI is InChI=1S/C28H29ClN2O2S2/c1-28(2,3)18-11-14-21-23(15-18)35-25-24(21)26(33)31(20-7-5-4-6-8-20)27(30-25)34-16-22(32)17-9-12-19(29)13-10-17/h4-10,12-13,18,27,30H,11,14-16H2,1-3H3. The van der Waals surface area contributed by atoms with E-state index < -0.39 is 0 Å². The molecule has 7 heteroatoms. The van der Waals surface area contributed by atoms with E-state index in [9.17, 15) is 9.59 Å². The predicted molar refractivity (Wildman–Crippen MR) is 148 cm³/mol. The van der Waals surface area contributed by atoms with Crippen molar-refractivity contribution in [2.75, 3.05) is 16.0 Å². The maximum Gasteiger partial charge on any atom is 0.263 e. The van der Waals surface area contributed by atoms with Gasteiger partial charge in [-0.2, -0.15) is 0 Å². The Morgan fingerprint density at radius 3 is 2.54 bits per heavy atom. The van der Waals surface area contributed by atoms with Crippen molar-refractivity contribution >= 4 is 57.1 Å². The van der Waals surface area contributed by atoms with Crippen LogP contribution in [0.3, 0.4) is 0 Å². The van der Waals surface area contributed by atoms with E-state index in [1.54, 1.807) is 35.6 Å². The molecule has 35 heavy (non-hydrogen) atoms. The molecule has 0 saturated heterocycles. The lowest BCUT2D eigenvalue weighted by atomic mass is 9.72. The van der Waals surface area contributed by atoms with E-state index in [2.05, 4.69) is 26.1 Å². The Morgan fingerprint density at radius 2 is 1.86 bits per heavy atom. The first-order valence-corrected chi connectivity index (χ1v) is 14.2. The summed E-state index contributed by atoms with van der Waals surface area (Å²) in [5, 5.41) is 5.16. The second-order valence-corrected chi connectivity index (χ2v) is 12.9. The molecule has 5 rings (SSSR count). The molecule has 0 spiro atoms. The molecule has 0 saturated carbocycles. The second-order valence-electron chi connectivity index (χ2n) is 10.3. The molecule has 1 amide bonds. The first kappa shape index (κ1) is 24.4. The number of carbonyl (C=O) groups excluding carboxylic acids is 2. The fraction of sp³-hybridized carbons (Fsp3) is 0.357. The molecule has 1 aromatic heterocycles. The number of fused-ring (bicyclic) bond motifs is 3. The zero-order valence-electron chi connectivity index (χ0n) is 20.1. The highest BCUT2D eigenvalue weighted by molar-refractivity contribution is 8.00. The second kappa shape index (κ2) is 9.64. The van der Waals surface area contributed by atoms with Gasteiger partial charge in [-0.05, 0) is 72.6 Å². The Hall–Kier alpha value is -2.28. The van der Waals surface area contributed by atoms with E-state index in [1.807, 2.05) is 35.2 Å². The van der Waals surface area contributed by atoms with Crippen LogP contribution >= 0.6 is 34.7 Å². The third-order valence-corrected chi connectivity index (χ3v) is 9.50. The Morgan fingerprint density at radius 1 is 1.14 bits per heavy atom. The van der Waals surface area contributed by atoms with E-state index in [4.69, 9.17) is 11.6 Å². The highest BCUT2D eigenvalue weighted by Gasteiger charge is 2.40. The van der Waals surface area contributed by atoms with Gasteiger partial charge in [-0.1, -0.05) is 50.6 Å². The summed E-state index contributed by atoms with van der Waals surface area (Å²) < 4.78 is 0. The van der Waals surface area contributed by atoms with Gasteiger partial charge in [0.15, 0.2) is 11.3 Å². The van der Waals surface area contributed by atoms with Gasteiger partial charge >= 0.3 is 0 Å². The average Bonchev–Trinajstić information content (AvgIpc) is 3.21. The van der Waals surface area contributed by atoms with Crippen LogP contribution in [0, 0.1) is 11.3 Å². The molecule has 2 aliphatic rings. The van der Waals surface area contributed by atoms with Crippen molar-refractivity contribution in [1.82, 2.24) is 0 Å². The zero-order chi connectivity index (χ0) is 24.7. The Bertz CT molecular complexity index is 1250. The number of thiophene rings is 1. The van der Waals surface area contributed by atoms with Crippen LogP contribution in [0.4, 0.5) is 10.7 Å². The van der Waals surface area contributed by atoms with Gasteiger partial charge < -0.3 is 5.32 Å². The molecule has 182 valence electrons. The van der Waals surface area contributed by atoms with E-state index in [1.165, 1.54) is 22.2 Å². The minimum Gasteiger partial charge on any atom is -0.347 e. The van der Waals surface area contributed by atoms with Crippen LogP contribution in [0.1, 0.15) is 58.3 Å². The topological polar surface area (TPSA) is 49.4 Å². The SMILES string of the molecule is CC(C)(C)C1CCc2c(sc3c2C(=O)N(c2ccccc2)C(SCC(=O)c2ccc(Cl)cc2)N3)C1. The quantitative estimate of drug-likeness (QED) is 0.350. The zero-order valence-corrected chi connectivity index (χ0v) is 22.5. The predicted octanol–water partition coefficient (Wildman–Crippen LogP) is 7.52. The molecule has 0 radical (unpaired) electrons. The lowest BCUT2D eigenvalue weighted by molar-refractivity contribution is 0.0978. The Balaban J connectivity index is 1.44. The summed E-state index contributed by atoms with van der Waals surface area (Å²) >= 11 is 9.14. The van der Waals surface area contributed by atoms with Crippen LogP contribution in [-0.2, 0) is 12.8 Å². The number of ketones is 1. The van der Waals surface area contributed by atoms with Crippen molar-refractivity contribution in [2.24, 2.45) is 11.3 Å². The maximum atomic E-state index is 14.0. The summed E-state index contributed by atoms with van der Waals surface area (Å²) in [4.78, 5) is 30.0. The highest BCUT2D eigenvalue weighted by atomic mass is 35.5. The van der Waals surface area contributed by atoms with Gasteiger partial charge in [0.2, 0.25) is 0 Å². The number of benzene rings is 2. The molecule has 1 aliphatic carbocycles. The summed E-state index contributed by atoms with van der Waals surface area (Å²) in [5.41, 5.74) is 3.36. The number of anilines is 2. The first-order valence-electron chi connectivity index (χ1n) is 11.9. The third-order valence-electron chi connectivity index (χ3n) is 6.98. The molecule has 0 bridgehead atoms. The van der Waals surface area contributed by atoms with Gasteiger partial charge in [0.25, 0.3) is 5.91 Å². The number of hydrogen-bond donors (Lipinski definition) is 1. The highest BCUT2D eigenvalue weighted by Crippen LogP contribution is 2.47. The summed E-state index contributed by atoms with van der Waals surface area (Å²) in [7, 11) is 0. The molecular formula is C28H29ClN2O2S2. The van der Waals surface area contributed by atoms with Crippen molar-refractivity contribution in [3.8, 4) is 0 Å². The number of nitrogens with one attached hydrogen (secondary N) is 1. The molecule has 2 unspecified atom stereocenters. The first-order chi connectivity index (χ1) is 16.7. The lowest BCUT2D eigenvalue weighted by Crippen LogP contribution is -2.47. The largest absolute Gasteiger partial charge is 0.347 e. The van der Waals surface area contributed by atoms with E-state index in [0.29, 0.717) is 16.5 Å². The van der Waals surface area contributed by atoms with Gasteiger partial charge in [-0.15, -0.1) is 23.1 Å². The van der Waals surface area contributed by atoms with Crippen LogP contribution in [0.5, 0.6) is 0 Å². The lowest BCUT2D eigenvalue weighted by Gasteiger charge is -2.37. The van der Waals surface area contributed by atoms with Crippen molar-refractivity contribution in [1.29, 1.82) is 0 Å². The van der Waals surface area contributed by atoms with E-state index in [0.717, 1.165) is 35.5 Å². The number of para-hydroxylation sites is 1. The third kappa shape index (κ3) is 4.89. The van der Waals surface area contributed by atoms with E-state index >= 15 is 0 Å². The number of hydrogen-bond acceptors (Lipinski definition) is 5. The van der Waals surface area contributed by atoms with Crippen LogP contribution < -0.4 is 10.2 Å². The molecule has 2 heterocycles. The van der Waals surface area contributed by atoms with Gasteiger partial charge in [0.05, 0.1) is 11.3 Å². The number of amides is 1. The van der Waals surface area contributed by atoms with Gasteiger partial charge in [-0.3, -0.25) is 14.5 Å². The van der Waals surface area contributed by atoms with Crippen LogP contribution in [0.15, 0.2) is 54.6 Å². The monoisotopic (exact) mass is 524 g/mol. The number of halogens is 1. The van der Waals surface area contributed by atoms with Crippen molar-refractivity contribution in [2.45, 2.75) is 45.5 Å².